The van der Waals surface area contributed by atoms with E-state index in [0.717, 1.165) is 28.2 Å². The molecule has 0 bridgehead atoms. The lowest BCUT2D eigenvalue weighted by molar-refractivity contribution is 0.793. The molecule has 8 aromatic rings. The minimum absolute atomic E-state index is 0.425. The molecule has 0 amide bonds. The summed E-state index contributed by atoms with van der Waals surface area (Å²) in [7, 11) is 0. The fraction of sp³-hybridized carbons (Fsp3) is 0.0400. The summed E-state index contributed by atoms with van der Waals surface area (Å²) in [5, 5.41) is 2.57. The predicted molar refractivity (Wildman–Crippen MR) is 223 cm³/mol. The average Bonchev–Trinajstić information content (AvgIpc) is 3.83. The van der Waals surface area contributed by atoms with E-state index in [-0.39, 0.29) is 0 Å². The molecule has 0 N–H and O–H groups in total. The Labute approximate surface area is 308 Å². The standard InChI is InChI=1S/C50H35NS/c1-3-5-16-33(4-2)36-17-9-14-25-47(36)51(34-28-30-49-42(31-34)41-21-10-15-26-48(41)52-49)35-27-29-40-39-20-8-13-24-45(39)50(46(40)32-35)43-22-11-6-18-37(43)38-19-7-12-23-44(38)50/h3-32H,2H2,1H3/b5-3-,33-16+. The molecule has 2 aliphatic rings. The Bertz CT molecular complexity index is 2730. The SMILES string of the molecule is C=C/C(=C\C=C/C)c1ccccc1N(c1ccc2c(c1)C1(c3ccccc3-c3ccccc31)c1ccccc1-2)c1ccc2sc3ccccc3c2c1. The van der Waals surface area contributed by atoms with Crippen molar-refractivity contribution in [2.45, 2.75) is 12.3 Å². The highest BCUT2D eigenvalue weighted by Gasteiger charge is 2.51. The largest absolute Gasteiger partial charge is 0.310 e. The van der Waals surface area contributed by atoms with Crippen molar-refractivity contribution in [2.24, 2.45) is 0 Å². The van der Waals surface area contributed by atoms with Gasteiger partial charge in [-0.05, 0) is 99.5 Å². The van der Waals surface area contributed by atoms with Crippen LogP contribution in [-0.4, -0.2) is 0 Å². The van der Waals surface area contributed by atoms with Crippen LogP contribution in [0.4, 0.5) is 17.1 Å². The van der Waals surface area contributed by atoms with E-state index in [4.69, 9.17) is 0 Å². The minimum atomic E-state index is -0.425. The number of fused-ring (bicyclic) bond motifs is 13. The zero-order valence-corrected chi connectivity index (χ0v) is 29.7. The van der Waals surface area contributed by atoms with Crippen molar-refractivity contribution >= 4 is 54.1 Å². The first-order valence-corrected chi connectivity index (χ1v) is 18.7. The second kappa shape index (κ2) is 11.9. The van der Waals surface area contributed by atoms with Gasteiger partial charge in [-0.3, -0.25) is 0 Å². The third-order valence-corrected chi connectivity index (χ3v) is 12.2. The Balaban J connectivity index is 1.28. The number of nitrogens with zero attached hydrogens (tertiary/aromatic N) is 1. The molecule has 246 valence electrons. The Hall–Kier alpha value is -6.22. The summed E-state index contributed by atoms with van der Waals surface area (Å²) < 4.78 is 2.60. The van der Waals surface area contributed by atoms with Gasteiger partial charge in [-0.2, -0.15) is 0 Å². The fourth-order valence-electron chi connectivity index (χ4n) is 8.88. The van der Waals surface area contributed by atoms with Gasteiger partial charge in [0.05, 0.1) is 11.1 Å². The highest BCUT2D eigenvalue weighted by Crippen LogP contribution is 2.63. The van der Waals surface area contributed by atoms with Crippen LogP contribution < -0.4 is 4.90 Å². The van der Waals surface area contributed by atoms with Gasteiger partial charge in [0.2, 0.25) is 0 Å². The Morgan fingerprint density at radius 3 is 1.81 bits per heavy atom. The van der Waals surface area contributed by atoms with Crippen LogP contribution in [0.3, 0.4) is 0 Å². The van der Waals surface area contributed by atoms with Crippen LogP contribution in [0.1, 0.15) is 34.7 Å². The molecule has 2 aliphatic carbocycles. The summed E-state index contributed by atoms with van der Waals surface area (Å²) in [6.45, 7) is 6.30. The number of para-hydroxylation sites is 1. The van der Waals surface area contributed by atoms with E-state index in [1.807, 2.05) is 24.3 Å². The second-order valence-electron chi connectivity index (χ2n) is 13.6. The van der Waals surface area contributed by atoms with Crippen LogP contribution in [-0.2, 0) is 5.41 Å². The lowest BCUT2D eigenvalue weighted by atomic mass is 9.70. The van der Waals surface area contributed by atoms with Crippen molar-refractivity contribution in [2.75, 3.05) is 4.90 Å². The van der Waals surface area contributed by atoms with Gasteiger partial charge in [-0.1, -0.05) is 146 Å². The molecule has 1 aromatic heterocycles. The maximum absolute atomic E-state index is 4.25. The Kier molecular flexibility index (Phi) is 7.02. The summed E-state index contributed by atoms with van der Waals surface area (Å²) in [4.78, 5) is 2.46. The molecule has 0 unspecified atom stereocenters. The van der Waals surface area contributed by atoms with Crippen molar-refractivity contribution in [3.63, 3.8) is 0 Å². The van der Waals surface area contributed by atoms with Gasteiger partial charge in [0.15, 0.2) is 0 Å². The maximum atomic E-state index is 4.25. The van der Waals surface area contributed by atoms with E-state index in [0.29, 0.717) is 0 Å². The molecular weight excluding hydrogens is 647 g/mol. The number of anilines is 3. The van der Waals surface area contributed by atoms with Crippen LogP contribution in [0.2, 0.25) is 0 Å². The van der Waals surface area contributed by atoms with E-state index >= 15 is 0 Å². The normalized spacial score (nSPS) is 13.8. The van der Waals surface area contributed by atoms with E-state index in [1.54, 1.807) is 0 Å². The number of thiophene rings is 1. The molecule has 10 rings (SSSR count). The number of hydrogen-bond donors (Lipinski definition) is 0. The first-order valence-electron chi connectivity index (χ1n) is 17.9. The van der Waals surface area contributed by atoms with Crippen molar-refractivity contribution in [3.05, 3.63) is 216 Å². The number of hydrogen-bond acceptors (Lipinski definition) is 2. The molecule has 2 heteroatoms. The monoisotopic (exact) mass is 681 g/mol. The molecule has 1 spiro atoms. The average molecular weight is 682 g/mol. The van der Waals surface area contributed by atoms with Gasteiger partial charge in [0.1, 0.15) is 0 Å². The molecule has 1 nitrogen and oxygen atoms in total. The van der Waals surface area contributed by atoms with Crippen LogP contribution >= 0.6 is 11.3 Å². The third-order valence-electron chi connectivity index (χ3n) is 11.0. The molecule has 7 aromatic carbocycles. The van der Waals surface area contributed by atoms with Crippen LogP contribution in [0.25, 0.3) is 48.0 Å². The number of benzene rings is 7. The van der Waals surface area contributed by atoms with E-state index in [9.17, 15) is 0 Å². The van der Waals surface area contributed by atoms with E-state index in [2.05, 4.69) is 187 Å². The maximum Gasteiger partial charge on any atom is 0.0726 e. The minimum Gasteiger partial charge on any atom is -0.310 e. The molecule has 0 fully saturated rings. The van der Waals surface area contributed by atoms with Crippen molar-refractivity contribution < 1.29 is 0 Å². The lowest BCUT2D eigenvalue weighted by Crippen LogP contribution is -2.26. The highest BCUT2D eigenvalue weighted by atomic mass is 32.1. The fourth-order valence-corrected chi connectivity index (χ4v) is 9.97. The van der Waals surface area contributed by atoms with Gasteiger partial charge < -0.3 is 4.90 Å². The van der Waals surface area contributed by atoms with Gasteiger partial charge in [0, 0.05) is 37.1 Å². The second-order valence-corrected chi connectivity index (χ2v) is 14.7. The first kappa shape index (κ1) is 30.6. The smallest absolute Gasteiger partial charge is 0.0726 e. The van der Waals surface area contributed by atoms with Gasteiger partial charge in [0.25, 0.3) is 0 Å². The van der Waals surface area contributed by atoms with E-state index in [1.165, 1.54) is 64.7 Å². The van der Waals surface area contributed by atoms with Crippen LogP contribution in [0.5, 0.6) is 0 Å². The molecule has 0 saturated carbocycles. The summed E-state index contributed by atoms with van der Waals surface area (Å²) in [6, 6.07) is 58.7. The lowest BCUT2D eigenvalue weighted by Gasteiger charge is -2.32. The highest BCUT2D eigenvalue weighted by molar-refractivity contribution is 7.25. The molecule has 0 aliphatic heterocycles. The predicted octanol–water partition coefficient (Wildman–Crippen LogP) is 14.0. The summed E-state index contributed by atoms with van der Waals surface area (Å²) in [5.41, 5.74) is 15.7. The summed E-state index contributed by atoms with van der Waals surface area (Å²) in [6.07, 6.45) is 8.27. The zero-order chi connectivity index (χ0) is 34.8. The van der Waals surface area contributed by atoms with Crippen molar-refractivity contribution in [1.82, 2.24) is 0 Å². The summed E-state index contributed by atoms with van der Waals surface area (Å²) in [5.74, 6) is 0. The number of allylic oxidation sites excluding steroid dienone is 5. The quantitative estimate of drug-likeness (QED) is 0.158. The van der Waals surface area contributed by atoms with Crippen LogP contribution in [0.15, 0.2) is 189 Å². The molecule has 1 heterocycles. The van der Waals surface area contributed by atoms with Gasteiger partial charge >= 0.3 is 0 Å². The molecule has 0 atom stereocenters. The topological polar surface area (TPSA) is 3.24 Å². The Morgan fingerprint density at radius 2 is 1.12 bits per heavy atom. The van der Waals surface area contributed by atoms with Crippen molar-refractivity contribution in [3.8, 4) is 22.3 Å². The molecule has 0 saturated heterocycles. The molecular formula is C50H35NS. The molecule has 52 heavy (non-hydrogen) atoms. The third kappa shape index (κ3) is 4.28. The van der Waals surface area contributed by atoms with Gasteiger partial charge in [-0.25, -0.2) is 0 Å². The number of rotatable bonds is 6. The summed E-state index contributed by atoms with van der Waals surface area (Å²) >= 11 is 1.85. The van der Waals surface area contributed by atoms with Crippen LogP contribution in [0, 0.1) is 0 Å². The zero-order valence-electron chi connectivity index (χ0n) is 28.9. The van der Waals surface area contributed by atoms with Crippen molar-refractivity contribution in [1.29, 1.82) is 0 Å². The Morgan fingerprint density at radius 1 is 0.558 bits per heavy atom. The van der Waals surface area contributed by atoms with E-state index < -0.39 is 5.41 Å². The first-order chi connectivity index (χ1) is 25.7. The molecule has 0 radical (unpaired) electrons. The van der Waals surface area contributed by atoms with Gasteiger partial charge in [-0.15, -0.1) is 11.3 Å².